The van der Waals surface area contributed by atoms with Crippen LogP contribution >= 0.6 is 0 Å². The Bertz CT molecular complexity index is 406. The summed E-state index contributed by atoms with van der Waals surface area (Å²) in [5.41, 5.74) is 1.21. The van der Waals surface area contributed by atoms with E-state index in [-0.39, 0.29) is 18.2 Å². The molecule has 1 unspecified atom stereocenters. The van der Waals surface area contributed by atoms with Crippen LogP contribution in [0.25, 0.3) is 0 Å². The van der Waals surface area contributed by atoms with Gasteiger partial charge in [0.2, 0.25) is 0 Å². The summed E-state index contributed by atoms with van der Waals surface area (Å²) in [4.78, 5) is 11.6. The van der Waals surface area contributed by atoms with Gasteiger partial charge in [0.25, 0.3) is 0 Å². The Balaban J connectivity index is 2.30. The zero-order valence-electron chi connectivity index (χ0n) is 10.2. The number of methoxy groups -OCH3 is 1. The molecule has 1 heterocycles. The van der Waals surface area contributed by atoms with Crippen molar-refractivity contribution in [2.24, 2.45) is 0 Å². The highest BCUT2D eigenvalue weighted by Crippen LogP contribution is 2.32. The predicted molar refractivity (Wildman–Crippen MR) is 61.6 cm³/mol. The van der Waals surface area contributed by atoms with Crippen molar-refractivity contribution in [2.45, 2.75) is 32.3 Å². The number of hydrogen-bond acceptors (Lipinski definition) is 4. The molecule has 0 bridgehead atoms. The molecule has 4 nitrogen and oxygen atoms in total. The van der Waals surface area contributed by atoms with Crippen molar-refractivity contribution >= 4 is 5.97 Å². The first-order chi connectivity index (χ1) is 8.13. The summed E-state index contributed by atoms with van der Waals surface area (Å²) in [6.07, 6.45) is -0.452. The van der Waals surface area contributed by atoms with Gasteiger partial charge in [-0.2, -0.15) is 0 Å². The minimum absolute atomic E-state index is 0.0192. The Morgan fingerprint density at radius 3 is 2.35 bits per heavy atom. The van der Waals surface area contributed by atoms with Crippen LogP contribution in [-0.2, 0) is 14.2 Å². The summed E-state index contributed by atoms with van der Waals surface area (Å²) >= 11 is 0. The minimum atomic E-state index is -0.490. The van der Waals surface area contributed by atoms with Gasteiger partial charge in [0.15, 0.2) is 6.29 Å². The lowest BCUT2D eigenvalue weighted by molar-refractivity contribution is -0.0659. The topological polar surface area (TPSA) is 44.8 Å². The smallest absolute Gasteiger partial charge is 0.338 e. The van der Waals surface area contributed by atoms with E-state index < -0.39 is 6.29 Å². The fourth-order valence-corrected chi connectivity index (χ4v) is 1.79. The Kier molecular flexibility index (Phi) is 3.45. The number of hydrogen-bond donors (Lipinski definition) is 0. The molecule has 1 aromatic carbocycles. The Hall–Kier alpha value is -1.39. The predicted octanol–water partition coefficient (Wildman–Crippen LogP) is 2.30. The average Bonchev–Trinajstić information content (AvgIpc) is 2.68. The third kappa shape index (κ3) is 2.33. The Morgan fingerprint density at radius 2 is 1.76 bits per heavy atom. The molecule has 1 aliphatic heterocycles. The molecule has 17 heavy (non-hydrogen) atoms. The first-order valence-electron chi connectivity index (χ1n) is 5.61. The van der Waals surface area contributed by atoms with Crippen molar-refractivity contribution in [3.05, 3.63) is 35.4 Å². The maximum Gasteiger partial charge on any atom is 0.338 e. The zero-order valence-corrected chi connectivity index (χ0v) is 10.2. The second kappa shape index (κ2) is 4.85. The highest BCUT2D eigenvalue weighted by Gasteiger charge is 2.33. The third-order valence-electron chi connectivity index (χ3n) is 2.96. The van der Waals surface area contributed by atoms with Gasteiger partial charge in [-0.15, -0.1) is 0 Å². The van der Waals surface area contributed by atoms with Crippen molar-refractivity contribution in [3.8, 4) is 0 Å². The van der Waals surface area contributed by atoms with Crippen LogP contribution in [0.3, 0.4) is 0 Å². The van der Waals surface area contributed by atoms with E-state index in [1.54, 1.807) is 12.1 Å². The van der Waals surface area contributed by atoms with Crippen LogP contribution in [0.1, 0.15) is 36.1 Å². The number of ether oxygens (including phenoxy) is 3. The SMILES string of the molecule is COC(=O)c1ccccc1C1O[C@@H](C)[C@@H](C)O1. The summed E-state index contributed by atoms with van der Waals surface area (Å²) in [7, 11) is 1.36. The molecule has 1 aliphatic rings. The van der Waals surface area contributed by atoms with Crippen molar-refractivity contribution in [1.29, 1.82) is 0 Å². The minimum Gasteiger partial charge on any atom is -0.465 e. The van der Waals surface area contributed by atoms with Crippen LogP contribution in [-0.4, -0.2) is 25.3 Å². The van der Waals surface area contributed by atoms with Gasteiger partial charge in [-0.1, -0.05) is 18.2 Å². The quantitative estimate of drug-likeness (QED) is 0.739. The molecule has 0 amide bonds. The first kappa shape index (κ1) is 12.1. The Morgan fingerprint density at radius 1 is 1.18 bits per heavy atom. The molecule has 4 heteroatoms. The van der Waals surface area contributed by atoms with Gasteiger partial charge in [0.1, 0.15) is 0 Å². The van der Waals surface area contributed by atoms with Crippen LogP contribution < -0.4 is 0 Å². The van der Waals surface area contributed by atoms with Crippen LogP contribution in [0.5, 0.6) is 0 Å². The maximum atomic E-state index is 11.6. The van der Waals surface area contributed by atoms with E-state index in [2.05, 4.69) is 0 Å². The van der Waals surface area contributed by atoms with Crippen LogP contribution in [0.4, 0.5) is 0 Å². The zero-order chi connectivity index (χ0) is 12.4. The van der Waals surface area contributed by atoms with Crippen molar-refractivity contribution in [1.82, 2.24) is 0 Å². The number of rotatable bonds is 2. The van der Waals surface area contributed by atoms with Gasteiger partial charge >= 0.3 is 5.97 Å². The molecule has 1 aromatic rings. The van der Waals surface area contributed by atoms with E-state index in [0.29, 0.717) is 5.56 Å². The van der Waals surface area contributed by atoms with Crippen LogP contribution in [0.2, 0.25) is 0 Å². The molecule has 92 valence electrons. The van der Waals surface area contributed by atoms with Gasteiger partial charge in [0.05, 0.1) is 24.9 Å². The van der Waals surface area contributed by atoms with E-state index in [9.17, 15) is 4.79 Å². The second-order valence-corrected chi connectivity index (χ2v) is 4.09. The van der Waals surface area contributed by atoms with E-state index >= 15 is 0 Å². The number of carbonyl (C=O) groups is 1. The van der Waals surface area contributed by atoms with Gasteiger partial charge in [-0.25, -0.2) is 4.79 Å². The van der Waals surface area contributed by atoms with E-state index in [4.69, 9.17) is 14.2 Å². The highest BCUT2D eigenvalue weighted by atomic mass is 16.7. The van der Waals surface area contributed by atoms with Crippen molar-refractivity contribution in [3.63, 3.8) is 0 Å². The van der Waals surface area contributed by atoms with Crippen molar-refractivity contribution < 1.29 is 19.0 Å². The first-order valence-corrected chi connectivity index (χ1v) is 5.61. The normalized spacial score (nSPS) is 28.1. The fraction of sp³-hybridized carbons (Fsp3) is 0.462. The molecule has 0 saturated carbocycles. The molecular formula is C13H16O4. The molecule has 0 aliphatic carbocycles. The van der Waals surface area contributed by atoms with Crippen molar-refractivity contribution in [2.75, 3.05) is 7.11 Å². The molecule has 0 spiro atoms. The summed E-state index contributed by atoms with van der Waals surface area (Å²) in [5, 5.41) is 0. The van der Waals surface area contributed by atoms with E-state index in [1.807, 2.05) is 26.0 Å². The van der Waals surface area contributed by atoms with Crippen LogP contribution in [0, 0.1) is 0 Å². The summed E-state index contributed by atoms with van der Waals surface area (Å²) in [6, 6.07) is 7.17. The summed E-state index contributed by atoms with van der Waals surface area (Å²) in [6.45, 7) is 3.90. The fourth-order valence-electron chi connectivity index (χ4n) is 1.79. The van der Waals surface area contributed by atoms with E-state index in [0.717, 1.165) is 5.56 Å². The van der Waals surface area contributed by atoms with Gasteiger partial charge in [-0.3, -0.25) is 0 Å². The lowest BCUT2D eigenvalue weighted by Gasteiger charge is -2.13. The molecule has 0 N–H and O–H groups in total. The van der Waals surface area contributed by atoms with Crippen LogP contribution in [0.15, 0.2) is 24.3 Å². The molecule has 2 rings (SSSR count). The number of carbonyl (C=O) groups excluding carboxylic acids is 1. The van der Waals surface area contributed by atoms with Gasteiger partial charge in [-0.05, 0) is 19.9 Å². The van der Waals surface area contributed by atoms with Gasteiger partial charge in [0, 0.05) is 5.56 Å². The van der Waals surface area contributed by atoms with E-state index in [1.165, 1.54) is 7.11 Å². The lowest BCUT2D eigenvalue weighted by Crippen LogP contribution is -2.13. The highest BCUT2D eigenvalue weighted by molar-refractivity contribution is 5.91. The largest absolute Gasteiger partial charge is 0.465 e. The Labute approximate surface area is 100 Å². The lowest BCUT2D eigenvalue weighted by atomic mass is 10.1. The molecular weight excluding hydrogens is 220 g/mol. The molecule has 0 radical (unpaired) electrons. The molecule has 0 aromatic heterocycles. The molecule has 1 fully saturated rings. The number of esters is 1. The maximum absolute atomic E-state index is 11.6. The molecule has 1 saturated heterocycles. The third-order valence-corrected chi connectivity index (χ3v) is 2.96. The number of benzene rings is 1. The second-order valence-electron chi connectivity index (χ2n) is 4.09. The molecule has 3 atom stereocenters. The average molecular weight is 236 g/mol. The standard InChI is InChI=1S/C13H16O4/c1-8-9(2)17-13(16-8)11-7-5-4-6-10(11)12(14)15-3/h4-9,13H,1-3H3/t8-,9+,13?. The summed E-state index contributed by atoms with van der Waals surface area (Å²) in [5.74, 6) is -0.375. The summed E-state index contributed by atoms with van der Waals surface area (Å²) < 4.78 is 16.1. The monoisotopic (exact) mass is 236 g/mol. The van der Waals surface area contributed by atoms with Gasteiger partial charge < -0.3 is 14.2 Å².